The lowest BCUT2D eigenvalue weighted by atomic mass is 10.1. The summed E-state index contributed by atoms with van der Waals surface area (Å²) in [6.07, 6.45) is 0. The lowest BCUT2D eigenvalue weighted by molar-refractivity contribution is 0.102. The number of hydrogen-bond acceptors (Lipinski definition) is 3. The molecule has 0 aromatic heterocycles. The van der Waals surface area contributed by atoms with E-state index in [0.717, 1.165) is 27.5 Å². The molecule has 3 aromatic carbocycles. The maximum atomic E-state index is 12.8. The van der Waals surface area contributed by atoms with Gasteiger partial charge in [0, 0.05) is 16.3 Å². The fraction of sp³-hybridized carbons (Fsp3) is 0.130. The zero-order chi connectivity index (χ0) is 19.2. The molecule has 0 saturated heterocycles. The second kappa shape index (κ2) is 8.57. The van der Waals surface area contributed by atoms with Crippen LogP contribution in [0.25, 0.3) is 0 Å². The van der Waals surface area contributed by atoms with Crippen LogP contribution >= 0.6 is 11.8 Å². The van der Waals surface area contributed by atoms with Gasteiger partial charge in [-0.05, 0) is 55.3 Å². The number of nitriles is 1. The second-order valence-electron chi connectivity index (χ2n) is 6.37. The fourth-order valence-corrected chi connectivity index (χ4v) is 3.77. The largest absolute Gasteiger partial charge is 0.322 e. The van der Waals surface area contributed by atoms with Crippen LogP contribution in [-0.2, 0) is 5.75 Å². The minimum atomic E-state index is -0.107. The van der Waals surface area contributed by atoms with Gasteiger partial charge in [0.25, 0.3) is 5.91 Å². The lowest BCUT2D eigenvalue weighted by Crippen LogP contribution is -2.13. The van der Waals surface area contributed by atoms with Gasteiger partial charge in [0.15, 0.2) is 0 Å². The average molecular weight is 372 g/mol. The molecule has 0 spiro atoms. The molecule has 0 saturated carbocycles. The van der Waals surface area contributed by atoms with Crippen molar-refractivity contribution >= 4 is 23.4 Å². The third-order valence-corrected chi connectivity index (χ3v) is 5.38. The summed E-state index contributed by atoms with van der Waals surface area (Å²) in [5.74, 6) is 0.629. The number of hydrogen-bond donors (Lipinski definition) is 1. The summed E-state index contributed by atoms with van der Waals surface area (Å²) in [5.41, 5.74) is 5.48. The van der Waals surface area contributed by atoms with Crippen molar-refractivity contribution in [3.05, 3.63) is 94.5 Å². The maximum Gasteiger partial charge on any atom is 0.256 e. The molecule has 0 heterocycles. The molecule has 4 heteroatoms. The highest BCUT2D eigenvalue weighted by Gasteiger charge is 2.13. The van der Waals surface area contributed by atoms with Gasteiger partial charge in [-0.3, -0.25) is 4.79 Å². The predicted octanol–water partition coefficient (Wildman–Crippen LogP) is 5.72. The molecule has 27 heavy (non-hydrogen) atoms. The number of carbonyl (C=O) groups excluding carboxylic acids is 1. The van der Waals surface area contributed by atoms with Crippen molar-refractivity contribution in [3.63, 3.8) is 0 Å². The van der Waals surface area contributed by atoms with E-state index in [-0.39, 0.29) is 5.91 Å². The lowest BCUT2D eigenvalue weighted by Gasteiger charge is -2.12. The van der Waals surface area contributed by atoms with Crippen LogP contribution in [0.4, 0.5) is 5.69 Å². The number of thioether (sulfide) groups is 1. The van der Waals surface area contributed by atoms with Gasteiger partial charge >= 0.3 is 0 Å². The number of rotatable bonds is 5. The van der Waals surface area contributed by atoms with Gasteiger partial charge in [0.05, 0.1) is 17.2 Å². The Balaban J connectivity index is 1.74. The van der Waals surface area contributed by atoms with E-state index in [2.05, 4.69) is 17.5 Å². The summed E-state index contributed by atoms with van der Waals surface area (Å²) >= 11 is 1.62. The monoisotopic (exact) mass is 372 g/mol. The van der Waals surface area contributed by atoms with Gasteiger partial charge in [0.2, 0.25) is 0 Å². The number of benzene rings is 3. The molecular formula is C23H20N2OS. The zero-order valence-corrected chi connectivity index (χ0v) is 16.1. The Hall–Kier alpha value is -3.03. The topological polar surface area (TPSA) is 52.9 Å². The summed E-state index contributed by atoms with van der Waals surface area (Å²) in [6, 6.07) is 23.3. The number of amides is 1. The molecule has 3 aromatic rings. The number of nitrogens with zero attached hydrogens (tertiary/aromatic N) is 1. The Morgan fingerprint density at radius 2 is 1.78 bits per heavy atom. The van der Waals surface area contributed by atoms with Crippen molar-refractivity contribution in [3.8, 4) is 6.07 Å². The molecule has 0 aliphatic rings. The van der Waals surface area contributed by atoms with E-state index >= 15 is 0 Å². The zero-order valence-electron chi connectivity index (χ0n) is 15.3. The molecule has 0 radical (unpaired) electrons. The average Bonchev–Trinajstić information content (AvgIpc) is 2.69. The van der Waals surface area contributed by atoms with E-state index in [1.54, 1.807) is 11.8 Å². The normalized spacial score (nSPS) is 10.3. The Bertz CT molecular complexity index is 1000. The van der Waals surface area contributed by atoms with E-state index in [1.807, 2.05) is 74.5 Å². The van der Waals surface area contributed by atoms with Crippen molar-refractivity contribution in [2.75, 3.05) is 5.32 Å². The fourth-order valence-electron chi connectivity index (χ4n) is 2.76. The molecule has 0 unspecified atom stereocenters. The molecule has 3 rings (SSSR count). The molecule has 134 valence electrons. The quantitative estimate of drug-likeness (QED) is 0.583. The summed E-state index contributed by atoms with van der Waals surface area (Å²) in [6.45, 7) is 4.03. The van der Waals surface area contributed by atoms with Crippen molar-refractivity contribution in [2.24, 2.45) is 0 Å². The van der Waals surface area contributed by atoms with Crippen LogP contribution in [0, 0.1) is 25.2 Å². The number of carbonyl (C=O) groups is 1. The van der Waals surface area contributed by atoms with Gasteiger partial charge in [0.1, 0.15) is 0 Å². The van der Waals surface area contributed by atoms with E-state index in [1.165, 1.54) is 5.56 Å². The van der Waals surface area contributed by atoms with Gasteiger partial charge in [-0.15, -0.1) is 11.8 Å². The van der Waals surface area contributed by atoms with Gasteiger partial charge in [-0.2, -0.15) is 5.26 Å². The van der Waals surface area contributed by atoms with Crippen molar-refractivity contribution in [2.45, 2.75) is 24.5 Å². The maximum absolute atomic E-state index is 12.8. The molecule has 1 N–H and O–H groups in total. The Morgan fingerprint density at radius 1 is 1.04 bits per heavy atom. The van der Waals surface area contributed by atoms with Crippen molar-refractivity contribution in [1.82, 2.24) is 0 Å². The minimum Gasteiger partial charge on any atom is -0.322 e. The van der Waals surface area contributed by atoms with Crippen molar-refractivity contribution in [1.29, 1.82) is 5.26 Å². The summed E-state index contributed by atoms with van der Waals surface area (Å²) < 4.78 is 0. The van der Waals surface area contributed by atoms with Crippen LogP contribution in [0.5, 0.6) is 0 Å². The van der Waals surface area contributed by atoms with Gasteiger partial charge in [-0.1, -0.05) is 42.0 Å². The molecule has 0 atom stereocenters. The first-order chi connectivity index (χ1) is 13.1. The molecule has 1 amide bonds. The number of nitrogens with one attached hydrogen (secondary N) is 1. The van der Waals surface area contributed by atoms with Crippen LogP contribution in [0.3, 0.4) is 0 Å². The highest BCUT2D eigenvalue weighted by molar-refractivity contribution is 7.98. The van der Waals surface area contributed by atoms with E-state index in [4.69, 9.17) is 5.26 Å². The highest BCUT2D eigenvalue weighted by Crippen LogP contribution is 2.27. The Morgan fingerprint density at radius 3 is 2.48 bits per heavy atom. The van der Waals surface area contributed by atoms with Crippen LogP contribution in [-0.4, -0.2) is 5.91 Å². The first kappa shape index (κ1) is 18.8. The van der Waals surface area contributed by atoms with Crippen LogP contribution in [0.2, 0.25) is 0 Å². The van der Waals surface area contributed by atoms with Crippen LogP contribution in [0.15, 0.2) is 71.6 Å². The third kappa shape index (κ3) is 4.78. The smallest absolute Gasteiger partial charge is 0.256 e. The number of aryl methyl sites for hydroxylation is 2. The van der Waals surface area contributed by atoms with Gasteiger partial charge in [-0.25, -0.2) is 0 Å². The molecule has 0 fully saturated rings. The SMILES string of the molecule is Cc1ccc(NC(=O)c2ccccc2SCc2ccc(C#N)cc2)c(C)c1. The Kier molecular flexibility index (Phi) is 5.95. The van der Waals surface area contributed by atoms with Crippen LogP contribution < -0.4 is 5.32 Å². The predicted molar refractivity (Wildman–Crippen MR) is 111 cm³/mol. The first-order valence-electron chi connectivity index (χ1n) is 8.66. The van der Waals surface area contributed by atoms with Gasteiger partial charge < -0.3 is 5.32 Å². The van der Waals surface area contributed by atoms with E-state index in [0.29, 0.717) is 11.1 Å². The molecule has 0 aliphatic heterocycles. The molecular weight excluding hydrogens is 352 g/mol. The highest BCUT2D eigenvalue weighted by atomic mass is 32.2. The minimum absolute atomic E-state index is 0.107. The Labute approximate surface area is 164 Å². The standard InChI is InChI=1S/C23H20N2OS/c1-16-7-12-21(17(2)13-16)25-23(26)20-5-3-4-6-22(20)27-15-19-10-8-18(14-24)9-11-19/h3-13H,15H2,1-2H3,(H,25,26). The van der Waals surface area contributed by atoms with E-state index < -0.39 is 0 Å². The molecule has 0 aliphatic carbocycles. The first-order valence-corrected chi connectivity index (χ1v) is 9.65. The molecule has 0 bridgehead atoms. The van der Waals surface area contributed by atoms with E-state index in [9.17, 15) is 4.79 Å². The number of anilines is 1. The third-order valence-electron chi connectivity index (χ3n) is 4.24. The summed E-state index contributed by atoms with van der Waals surface area (Å²) in [5, 5.41) is 11.9. The summed E-state index contributed by atoms with van der Waals surface area (Å²) in [7, 11) is 0. The van der Waals surface area contributed by atoms with Crippen LogP contribution in [0.1, 0.15) is 32.6 Å². The summed E-state index contributed by atoms with van der Waals surface area (Å²) in [4.78, 5) is 13.7. The second-order valence-corrected chi connectivity index (χ2v) is 7.38. The van der Waals surface area contributed by atoms with Crippen molar-refractivity contribution < 1.29 is 4.79 Å². The molecule has 3 nitrogen and oxygen atoms in total.